The molecule has 1 aromatic carbocycles. The van der Waals surface area contributed by atoms with Gasteiger partial charge in [-0.2, -0.15) is 0 Å². The highest BCUT2D eigenvalue weighted by atomic mass is 35.5. The number of nitrogens with zero attached hydrogens (tertiary/aromatic N) is 1. The second kappa shape index (κ2) is 5.83. The predicted molar refractivity (Wildman–Crippen MR) is 76.6 cm³/mol. The lowest BCUT2D eigenvalue weighted by Gasteiger charge is -2.34. The second-order valence-electron chi connectivity index (χ2n) is 5.54. The van der Waals surface area contributed by atoms with Crippen molar-refractivity contribution in [2.24, 2.45) is 11.8 Å². The molecular formula is C15H20ClNO2. The van der Waals surface area contributed by atoms with E-state index in [9.17, 15) is 9.90 Å². The van der Waals surface area contributed by atoms with Crippen LogP contribution < -0.4 is 0 Å². The molecule has 0 aliphatic carbocycles. The summed E-state index contributed by atoms with van der Waals surface area (Å²) in [7, 11) is 0. The average molecular weight is 282 g/mol. The van der Waals surface area contributed by atoms with E-state index in [1.54, 1.807) is 6.07 Å². The van der Waals surface area contributed by atoms with Gasteiger partial charge in [-0.25, -0.2) is 0 Å². The molecule has 1 heterocycles. The van der Waals surface area contributed by atoms with Gasteiger partial charge in [0.1, 0.15) is 5.75 Å². The molecule has 1 N–H and O–H groups in total. The molecule has 0 spiro atoms. The van der Waals surface area contributed by atoms with Gasteiger partial charge in [-0.15, -0.1) is 0 Å². The van der Waals surface area contributed by atoms with Crippen LogP contribution in [0.25, 0.3) is 0 Å². The number of rotatable bonds is 2. The highest BCUT2D eigenvalue weighted by molar-refractivity contribution is 6.33. The van der Waals surface area contributed by atoms with Crippen LogP contribution >= 0.6 is 11.6 Å². The Morgan fingerprint density at radius 3 is 2.58 bits per heavy atom. The number of phenols is 1. The van der Waals surface area contributed by atoms with Gasteiger partial charge in [-0.05, 0) is 42.9 Å². The Kier molecular flexibility index (Phi) is 4.35. The summed E-state index contributed by atoms with van der Waals surface area (Å²) in [5, 5.41) is 9.87. The monoisotopic (exact) mass is 281 g/mol. The van der Waals surface area contributed by atoms with Crippen LogP contribution in [-0.2, 0) is 0 Å². The number of hydrogen-bond acceptors (Lipinski definition) is 2. The van der Waals surface area contributed by atoms with Gasteiger partial charge in [-0.3, -0.25) is 4.79 Å². The Balaban J connectivity index is 2.07. The van der Waals surface area contributed by atoms with Gasteiger partial charge < -0.3 is 10.0 Å². The van der Waals surface area contributed by atoms with Gasteiger partial charge in [0, 0.05) is 13.1 Å². The standard InChI is InChI=1S/C15H20ClNO2/c1-10(2)11-5-7-17(8-6-11)15(19)13-9-12(18)3-4-14(13)16/h3-4,9-11,18H,5-8H2,1-2H3. The van der Waals surface area contributed by atoms with Crippen LogP contribution in [0.15, 0.2) is 18.2 Å². The fourth-order valence-corrected chi connectivity index (χ4v) is 2.82. The lowest BCUT2D eigenvalue weighted by Crippen LogP contribution is -2.39. The van der Waals surface area contributed by atoms with Crippen LogP contribution in [0.1, 0.15) is 37.0 Å². The maximum atomic E-state index is 12.4. The molecule has 1 aromatic rings. The van der Waals surface area contributed by atoms with E-state index >= 15 is 0 Å². The summed E-state index contributed by atoms with van der Waals surface area (Å²) in [6.07, 6.45) is 2.08. The van der Waals surface area contributed by atoms with Gasteiger partial charge >= 0.3 is 0 Å². The summed E-state index contributed by atoms with van der Waals surface area (Å²) in [4.78, 5) is 14.2. The molecule has 1 saturated heterocycles. The van der Waals surface area contributed by atoms with Crippen LogP contribution in [-0.4, -0.2) is 29.0 Å². The summed E-state index contributed by atoms with van der Waals surface area (Å²) in [5.74, 6) is 1.36. The van der Waals surface area contributed by atoms with Crippen molar-refractivity contribution in [3.8, 4) is 5.75 Å². The summed E-state index contributed by atoms with van der Waals surface area (Å²) in [6.45, 7) is 6.00. The van der Waals surface area contributed by atoms with Crippen LogP contribution in [0.3, 0.4) is 0 Å². The molecule has 19 heavy (non-hydrogen) atoms. The van der Waals surface area contributed by atoms with Gasteiger partial charge in [0.15, 0.2) is 0 Å². The molecule has 4 heteroatoms. The number of hydrogen-bond donors (Lipinski definition) is 1. The summed E-state index contributed by atoms with van der Waals surface area (Å²) >= 11 is 6.03. The minimum atomic E-state index is -0.0805. The smallest absolute Gasteiger partial charge is 0.255 e. The second-order valence-corrected chi connectivity index (χ2v) is 5.94. The molecule has 1 amide bonds. The van der Waals surface area contributed by atoms with Crippen LogP contribution in [0.2, 0.25) is 5.02 Å². The van der Waals surface area contributed by atoms with E-state index in [2.05, 4.69) is 13.8 Å². The maximum absolute atomic E-state index is 12.4. The molecule has 0 saturated carbocycles. The van der Waals surface area contributed by atoms with Gasteiger partial charge in [0.2, 0.25) is 0 Å². The molecule has 0 radical (unpaired) electrons. The van der Waals surface area contributed by atoms with E-state index in [1.807, 2.05) is 4.90 Å². The molecule has 2 rings (SSSR count). The molecule has 0 unspecified atom stereocenters. The van der Waals surface area contributed by atoms with Crippen molar-refractivity contribution in [3.05, 3.63) is 28.8 Å². The zero-order valence-electron chi connectivity index (χ0n) is 11.4. The fraction of sp³-hybridized carbons (Fsp3) is 0.533. The summed E-state index contributed by atoms with van der Waals surface area (Å²) in [5.41, 5.74) is 0.393. The topological polar surface area (TPSA) is 40.5 Å². The molecule has 104 valence electrons. The van der Waals surface area contributed by atoms with Crippen molar-refractivity contribution >= 4 is 17.5 Å². The van der Waals surface area contributed by atoms with Crippen molar-refractivity contribution in [3.63, 3.8) is 0 Å². The SMILES string of the molecule is CC(C)C1CCN(C(=O)c2cc(O)ccc2Cl)CC1. The van der Waals surface area contributed by atoms with E-state index in [1.165, 1.54) is 12.1 Å². The van der Waals surface area contributed by atoms with E-state index in [0.717, 1.165) is 25.9 Å². The van der Waals surface area contributed by atoms with E-state index in [-0.39, 0.29) is 11.7 Å². The number of aromatic hydroxyl groups is 1. The molecule has 1 aliphatic rings. The number of phenolic OH excluding ortho intramolecular Hbond substituents is 1. The van der Waals surface area contributed by atoms with Crippen molar-refractivity contribution in [2.45, 2.75) is 26.7 Å². The third-order valence-electron chi connectivity index (χ3n) is 3.95. The Labute approximate surface area is 119 Å². The highest BCUT2D eigenvalue weighted by Gasteiger charge is 2.26. The lowest BCUT2D eigenvalue weighted by molar-refractivity contribution is 0.0667. The average Bonchev–Trinajstić information content (AvgIpc) is 2.41. The number of carbonyl (C=O) groups is 1. The van der Waals surface area contributed by atoms with E-state index < -0.39 is 0 Å². The normalized spacial score (nSPS) is 16.9. The van der Waals surface area contributed by atoms with Crippen molar-refractivity contribution < 1.29 is 9.90 Å². The minimum Gasteiger partial charge on any atom is -0.508 e. The van der Waals surface area contributed by atoms with Gasteiger partial charge in [-0.1, -0.05) is 25.4 Å². The quantitative estimate of drug-likeness (QED) is 0.900. The van der Waals surface area contributed by atoms with Crippen LogP contribution in [0, 0.1) is 11.8 Å². The van der Waals surface area contributed by atoms with Crippen LogP contribution in [0.4, 0.5) is 0 Å². The Morgan fingerprint density at radius 1 is 1.37 bits per heavy atom. The number of benzene rings is 1. The van der Waals surface area contributed by atoms with Gasteiger partial charge in [0.25, 0.3) is 5.91 Å². The summed E-state index contributed by atoms with van der Waals surface area (Å²) in [6, 6.07) is 4.49. The maximum Gasteiger partial charge on any atom is 0.255 e. The van der Waals surface area contributed by atoms with E-state index in [4.69, 9.17) is 11.6 Å². The fourth-order valence-electron chi connectivity index (χ4n) is 2.62. The number of carbonyl (C=O) groups excluding carboxylic acids is 1. The van der Waals surface area contributed by atoms with Crippen molar-refractivity contribution in [2.75, 3.05) is 13.1 Å². The van der Waals surface area contributed by atoms with E-state index in [0.29, 0.717) is 22.4 Å². The number of piperidine rings is 1. The first-order valence-electron chi connectivity index (χ1n) is 6.77. The molecule has 0 aromatic heterocycles. The molecule has 0 atom stereocenters. The number of amides is 1. The first-order valence-corrected chi connectivity index (χ1v) is 7.14. The third kappa shape index (κ3) is 3.21. The van der Waals surface area contributed by atoms with Crippen molar-refractivity contribution in [1.29, 1.82) is 0 Å². The Hall–Kier alpha value is -1.22. The zero-order chi connectivity index (χ0) is 14.0. The first kappa shape index (κ1) is 14.2. The predicted octanol–water partition coefficient (Wildman–Crippen LogP) is 3.55. The van der Waals surface area contributed by atoms with Gasteiger partial charge in [0.05, 0.1) is 10.6 Å². The molecule has 1 aliphatic heterocycles. The van der Waals surface area contributed by atoms with Crippen LogP contribution in [0.5, 0.6) is 5.75 Å². The molecule has 0 bridgehead atoms. The molecule has 3 nitrogen and oxygen atoms in total. The molecular weight excluding hydrogens is 262 g/mol. The largest absolute Gasteiger partial charge is 0.508 e. The minimum absolute atomic E-state index is 0.0739. The number of likely N-dealkylation sites (tertiary alicyclic amines) is 1. The lowest BCUT2D eigenvalue weighted by atomic mass is 9.86. The molecule has 1 fully saturated rings. The Morgan fingerprint density at radius 2 is 2.00 bits per heavy atom. The van der Waals surface area contributed by atoms with Crippen molar-refractivity contribution in [1.82, 2.24) is 4.90 Å². The zero-order valence-corrected chi connectivity index (χ0v) is 12.2. The highest BCUT2D eigenvalue weighted by Crippen LogP contribution is 2.27. The number of halogens is 1. The third-order valence-corrected chi connectivity index (χ3v) is 4.28. The first-order chi connectivity index (χ1) is 8.99. The Bertz CT molecular complexity index is 465. The summed E-state index contributed by atoms with van der Waals surface area (Å²) < 4.78 is 0.